The lowest BCUT2D eigenvalue weighted by Crippen LogP contribution is -2.35. The SMILES string of the molecule is Fc1cccc(F)c1C1CCCCN(c2cnc[nH]2)C1Cl. The second kappa shape index (κ2) is 6.02. The van der Waals surface area contributed by atoms with Crippen molar-refractivity contribution < 1.29 is 8.78 Å². The minimum atomic E-state index is -0.530. The largest absolute Gasteiger partial charge is 0.340 e. The molecule has 1 N–H and O–H groups in total. The van der Waals surface area contributed by atoms with Crippen LogP contribution in [0.5, 0.6) is 0 Å². The molecule has 0 saturated carbocycles. The molecule has 0 spiro atoms. The second-order valence-electron chi connectivity index (χ2n) is 5.24. The van der Waals surface area contributed by atoms with E-state index in [2.05, 4.69) is 9.97 Å². The van der Waals surface area contributed by atoms with Crippen LogP contribution in [0.4, 0.5) is 14.6 Å². The van der Waals surface area contributed by atoms with Crippen molar-refractivity contribution in [3.63, 3.8) is 0 Å². The number of hydrogen-bond donors (Lipinski definition) is 1. The van der Waals surface area contributed by atoms with Gasteiger partial charge < -0.3 is 9.88 Å². The molecule has 112 valence electrons. The third-order valence-electron chi connectivity index (χ3n) is 3.96. The molecule has 1 aliphatic heterocycles. The van der Waals surface area contributed by atoms with E-state index in [1.807, 2.05) is 4.90 Å². The van der Waals surface area contributed by atoms with E-state index in [0.717, 1.165) is 25.2 Å². The number of alkyl halides is 1. The van der Waals surface area contributed by atoms with Crippen molar-refractivity contribution in [2.75, 3.05) is 11.4 Å². The number of benzene rings is 1. The van der Waals surface area contributed by atoms with Gasteiger partial charge in [0.2, 0.25) is 0 Å². The summed E-state index contributed by atoms with van der Waals surface area (Å²) >= 11 is 6.57. The summed E-state index contributed by atoms with van der Waals surface area (Å²) in [6.07, 6.45) is 5.72. The standard InChI is InChI=1S/C15H16ClF2N3/c16-15-10(14-11(17)5-3-6-12(14)18)4-1-2-7-21(15)13-8-19-9-20-13/h3,5-6,8-10,15H,1-2,4,7H2,(H,19,20). The first kappa shape index (κ1) is 14.3. The molecule has 0 aliphatic carbocycles. The highest BCUT2D eigenvalue weighted by Gasteiger charge is 2.33. The molecule has 0 amide bonds. The first-order chi connectivity index (χ1) is 10.2. The number of aromatic amines is 1. The van der Waals surface area contributed by atoms with E-state index in [4.69, 9.17) is 11.6 Å². The molecule has 2 unspecified atom stereocenters. The smallest absolute Gasteiger partial charge is 0.129 e. The summed E-state index contributed by atoms with van der Waals surface area (Å²) in [6.45, 7) is 0.739. The summed E-state index contributed by atoms with van der Waals surface area (Å²) in [5.74, 6) is -0.675. The molecule has 1 aliphatic rings. The molecule has 3 nitrogen and oxygen atoms in total. The Balaban J connectivity index is 1.97. The summed E-state index contributed by atoms with van der Waals surface area (Å²) in [4.78, 5) is 8.93. The molecule has 21 heavy (non-hydrogen) atoms. The van der Waals surface area contributed by atoms with Gasteiger partial charge in [0.1, 0.15) is 23.0 Å². The van der Waals surface area contributed by atoms with Crippen molar-refractivity contribution in [1.29, 1.82) is 0 Å². The summed E-state index contributed by atoms with van der Waals surface area (Å²) in [7, 11) is 0. The van der Waals surface area contributed by atoms with Crippen molar-refractivity contribution >= 4 is 17.4 Å². The van der Waals surface area contributed by atoms with Crippen LogP contribution >= 0.6 is 11.6 Å². The maximum Gasteiger partial charge on any atom is 0.129 e. The Bertz CT molecular complexity index is 583. The Morgan fingerprint density at radius 2 is 2.00 bits per heavy atom. The summed E-state index contributed by atoms with van der Waals surface area (Å²) < 4.78 is 28.1. The molecule has 0 radical (unpaired) electrons. The number of imidazole rings is 1. The topological polar surface area (TPSA) is 31.9 Å². The molecule has 0 bridgehead atoms. The number of hydrogen-bond acceptors (Lipinski definition) is 2. The molecule has 2 heterocycles. The molecule has 1 aromatic heterocycles. The molecule has 1 saturated heterocycles. The molecular formula is C15H16ClF2N3. The van der Waals surface area contributed by atoms with Crippen LogP contribution in [-0.2, 0) is 0 Å². The third-order valence-corrected chi connectivity index (χ3v) is 4.50. The quantitative estimate of drug-likeness (QED) is 0.671. The lowest BCUT2D eigenvalue weighted by atomic mass is 9.93. The molecule has 3 rings (SSSR count). The zero-order chi connectivity index (χ0) is 14.8. The number of nitrogens with one attached hydrogen (secondary N) is 1. The van der Waals surface area contributed by atoms with Crippen LogP contribution in [0.1, 0.15) is 30.7 Å². The second-order valence-corrected chi connectivity index (χ2v) is 5.69. The number of halogens is 3. The number of rotatable bonds is 2. The van der Waals surface area contributed by atoms with E-state index in [1.165, 1.54) is 18.2 Å². The monoisotopic (exact) mass is 311 g/mol. The van der Waals surface area contributed by atoms with E-state index >= 15 is 0 Å². The van der Waals surface area contributed by atoms with Gasteiger partial charge in [0.15, 0.2) is 0 Å². The van der Waals surface area contributed by atoms with E-state index in [9.17, 15) is 8.78 Å². The minimum Gasteiger partial charge on any atom is -0.340 e. The summed E-state index contributed by atoms with van der Waals surface area (Å²) in [6, 6.07) is 3.95. The van der Waals surface area contributed by atoms with Gasteiger partial charge in [-0.2, -0.15) is 0 Å². The highest BCUT2D eigenvalue weighted by Crippen LogP contribution is 2.38. The van der Waals surface area contributed by atoms with Crippen LogP contribution in [0.2, 0.25) is 0 Å². The maximum absolute atomic E-state index is 14.1. The van der Waals surface area contributed by atoms with Crippen LogP contribution in [-0.4, -0.2) is 22.0 Å². The van der Waals surface area contributed by atoms with Crippen molar-refractivity contribution in [3.05, 3.63) is 47.9 Å². The van der Waals surface area contributed by atoms with Gasteiger partial charge in [-0.15, -0.1) is 0 Å². The zero-order valence-corrected chi connectivity index (χ0v) is 12.2. The number of H-pyrrole nitrogens is 1. The minimum absolute atomic E-state index is 0.0870. The molecule has 1 aromatic carbocycles. The van der Waals surface area contributed by atoms with Crippen LogP contribution < -0.4 is 4.90 Å². The van der Waals surface area contributed by atoms with Gasteiger partial charge in [-0.25, -0.2) is 13.8 Å². The van der Waals surface area contributed by atoms with Gasteiger partial charge in [-0.05, 0) is 25.0 Å². The van der Waals surface area contributed by atoms with Crippen LogP contribution in [0, 0.1) is 11.6 Å². The molecule has 2 aromatic rings. The van der Waals surface area contributed by atoms with E-state index in [1.54, 1.807) is 12.5 Å². The molecule has 6 heteroatoms. The summed E-state index contributed by atoms with van der Waals surface area (Å²) in [5.41, 5.74) is -0.428. The Morgan fingerprint density at radius 3 is 2.67 bits per heavy atom. The summed E-state index contributed by atoms with van der Waals surface area (Å²) in [5, 5.41) is 0. The van der Waals surface area contributed by atoms with Gasteiger partial charge in [-0.1, -0.05) is 24.1 Å². The van der Waals surface area contributed by atoms with Gasteiger partial charge >= 0.3 is 0 Å². The molecular weight excluding hydrogens is 296 g/mol. The fraction of sp³-hybridized carbons (Fsp3) is 0.400. The normalized spacial score (nSPS) is 23.1. The zero-order valence-electron chi connectivity index (χ0n) is 11.4. The van der Waals surface area contributed by atoms with Gasteiger partial charge in [0, 0.05) is 18.0 Å². The first-order valence-corrected chi connectivity index (χ1v) is 7.45. The highest BCUT2D eigenvalue weighted by atomic mass is 35.5. The van der Waals surface area contributed by atoms with Crippen molar-refractivity contribution in [2.24, 2.45) is 0 Å². The predicted molar refractivity (Wildman–Crippen MR) is 78.5 cm³/mol. The van der Waals surface area contributed by atoms with Crippen molar-refractivity contribution in [2.45, 2.75) is 30.7 Å². The average molecular weight is 312 g/mol. The lowest BCUT2D eigenvalue weighted by molar-refractivity contribution is 0.496. The van der Waals surface area contributed by atoms with Crippen LogP contribution in [0.25, 0.3) is 0 Å². The fourth-order valence-electron chi connectivity index (χ4n) is 2.93. The van der Waals surface area contributed by atoms with Crippen LogP contribution in [0.15, 0.2) is 30.7 Å². The fourth-order valence-corrected chi connectivity index (χ4v) is 3.38. The third kappa shape index (κ3) is 2.75. The molecule has 2 atom stereocenters. The van der Waals surface area contributed by atoms with Crippen molar-refractivity contribution in [3.8, 4) is 0 Å². The number of aromatic nitrogens is 2. The van der Waals surface area contributed by atoms with E-state index in [0.29, 0.717) is 6.42 Å². The number of anilines is 1. The van der Waals surface area contributed by atoms with Crippen molar-refractivity contribution in [1.82, 2.24) is 9.97 Å². The Labute approximate surface area is 126 Å². The highest BCUT2D eigenvalue weighted by molar-refractivity contribution is 6.22. The first-order valence-electron chi connectivity index (χ1n) is 7.01. The predicted octanol–water partition coefficient (Wildman–Crippen LogP) is 4.03. The van der Waals surface area contributed by atoms with Gasteiger partial charge in [0.05, 0.1) is 12.5 Å². The Kier molecular flexibility index (Phi) is 4.10. The lowest BCUT2D eigenvalue weighted by Gasteiger charge is -2.31. The van der Waals surface area contributed by atoms with Crippen LogP contribution in [0.3, 0.4) is 0 Å². The number of nitrogens with zero attached hydrogens (tertiary/aromatic N) is 2. The van der Waals surface area contributed by atoms with E-state index in [-0.39, 0.29) is 5.56 Å². The van der Waals surface area contributed by atoms with Gasteiger partial charge in [0.25, 0.3) is 0 Å². The average Bonchev–Trinajstić information content (AvgIpc) is 2.92. The maximum atomic E-state index is 14.1. The van der Waals surface area contributed by atoms with Gasteiger partial charge in [-0.3, -0.25) is 0 Å². The van der Waals surface area contributed by atoms with E-state index < -0.39 is 23.1 Å². The Hall–Kier alpha value is -1.62. The Morgan fingerprint density at radius 1 is 1.24 bits per heavy atom. The molecule has 1 fully saturated rings.